The van der Waals surface area contributed by atoms with Gasteiger partial charge in [-0.25, -0.2) is 4.99 Å². The van der Waals surface area contributed by atoms with Gasteiger partial charge in [-0.15, -0.1) is 11.3 Å². The molecule has 1 heterocycles. The highest BCUT2D eigenvalue weighted by molar-refractivity contribution is 9.11. The summed E-state index contributed by atoms with van der Waals surface area (Å²) in [6.45, 7) is 4.77. The van der Waals surface area contributed by atoms with Gasteiger partial charge >= 0.3 is 0 Å². The predicted octanol–water partition coefficient (Wildman–Crippen LogP) is 4.05. The molecule has 0 amide bonds. The van der Waals surface area contributed by atoms with Crippen molar-refractivity contribution >= 4 is 38.9 Å². The van der Waals surface area contributed by atoms with E-state index in [1.165, 1.54) is 16.0 Å². The lowest BCUT2D eigenvalue weighted by atomic mass is 10.1. The van der Waals surface area contributed by atoms with Crippen LogP contribution in [0.3, 0.4) is 0 Å². The smallest absolute Gasteiger partial charge is 0.193 e. The molecular formula is C14H16BrN3S. The summed E-state index contributed by atoms with van der Waals surface area (Å²) in [5.74, 6) is 0.438. The van der Waals surface area contributed by atoms with Crippen molar-refractivity contribution in [2.45, 2.75) is 20.4 Å². The van der Waals surface area contributed by atoms with Crippen LogP contribution in [0.4, 0.5) is 5.69 Å². The van der Waals surface area contributed by atoms with Crippen molar-refractivity contribution in [3.8, 4) is 0 Å². The Bertz CT molecular complexity index is 604. The fourth-order valence-electron chi connectivity index (χ4n) is 1.61. The molecule has 1 aromatic carbocycles. The Morgan fingerprint density at radius 2 is 2.05 bits per heavy atom. The lowest BCUT2D eigenvalue weighted by Crippen LogP contribution is -2.22. The van der Waals surface area contributed by atoms with Gasteiger partial charge in [0, 0.05) is 10.6 Å². The number of hydrogen-bond donors (Lipinski definition) is 2. The Labute approximate surface area is 125 Å². The number of aliphatic imine (C=N–C) groups is 1. The minimum atomic E-state index is 0.438. The van der Waals surface area contributed by atoms with E-state index in [-0.39, 0.29) is 0 Å². The maximum absolute atomic E-state index is 5.88. The number of hydrogen-bond acceptors (Lipinski definition) is 2. The molecule has 0 aliphatic carbocycles. The van der Waals surface area contributed by atoms with E-state index in [2.05, 4.69) is 52.2 Å². The van der Waals surface area contributed by atoms with E-state index in [9.17, 15) is 0 Å². The molecule has 2 rings (SSSR count). The third kappa shape index (κ3) is 4.08. The number of anilines is 1. The molecule has 0 atom stereocenters. The van der Waals surface area contributed by atoms with E-state index in [0.29, 0.717) is 12.5 Å². The van der Waals surface area contributed by atoms with Gasteiger partial charge in [0.05, 0.1) is 10.3 Å². The Balaban J connectivity index is 1.99. The number of guanidine groups is 1. The lowest BCUT2D eigenvalue weighted by molar-refractivity contribution is 1.09. The molecule has 3 N–H and O–H groups in total. The van der Waals surface area contributed by atoms with Crippen molar-refractivity contribution in [1.29, 1.82) is 0 Å². The number of rotatable bonds is 3. The molecule has 0 saturated heterocycles. The summed E-state index contributed by atoms with van der Waals surface area (Å²) >= 11 is 5.10. The van der Waals surface area contributed by atoms with Gasteiger partial charge in [0.15, 0.2) is 5.96 Å². The van der Waals surface area contributed by atoms with Gasteiger partial charge in [0.25, 0.3) is 0 Å². The quantitative estimate of drug-likeness (QED) is 0.655. The summed E-state index contributed by atoms with van der Waals surface area (Å²) in [5.41, 5.74) is 9.35. The Morgan fingerprint density at radius 3 is 2.68 bits per heavy atom. The summed E-state index contributed by atoms with van der Waals surface area (Å²) in [6.07, 6.45) is 0. The van der Waals surface area contributed by atoms with Gasteiger partial charge in [-0.2, -0.15) is 0 Å². The van der Waals surface area contributed by atoms with Crippen LogP contribution in [-0.4, -0.2) is 5.96 Å². The highest BCUT2D eigenvalue weighted by Crippen LogP contribution is 2.22. The summed E-state index contributed by atoms with van der Waals surface area (Å²) in [6, 6.07) is 10.2. The van der Waals surface area contributed by atoms with E-state index in [4.69, 9.17) is 5.73 Å². The topological polar surface area (TPSA) is 50.4 Å². The number of thiophene rings is 1. The second-order valence-electron chi connectivity index (χ2n) is 4.33. The third-order valence-electron chi connectivity index (χ3n) is 2.81. The number of benzene rings is 1. The van der Waals surface area contributed by atoms with Crippen LogP contribution in [0.2, 0.25) is 0 Å². The molecule has 0 spiro atoms. The van der Waals surface area contributed by atoms with Crippen LogP contribution in [0.5, 0.6) is 0 Å². The molecule has 0 radical (unpaired) electrons. The molecule has 3 nitrogen and oxygen atoms in total. The normalized spacial score (nSPS) is 11.6. The van der Waals surface area contributed by atoms with Crippen LogP contribution >= 0.6 is 27.3 Å². The predicted molar refractivity (Wildman–Crippen MR) is 86.9 cm³/mol. The zero-order valence-electron chi connectivity index (χ0n) is 10.9. The van der Waals surface area contributed by atoms with Gasteiger partial charge in [-0.3, -0.25) is 0 Å². The number of nitrogens with zero attached hydrogens (tertiary/aromatic N) is 1. The zero-order valence-corrected chi connectivity index (χ0v) is 13.3. The van der Waals surface area contributed by atoms with Crippen LogP contribution in [-0.2, 0) is 6.54 Å². The summed E-state index contributed by atoms with van der Waals surface area (Å²) in [4.78, 5) is 5.51. The SMILES string of the molecule is Cc1ccc(NC(N)=NCc2ccc(Br)s2)cc1C. The molecular weight excluding hydrogens is 322 g/mol. The van der Waals surface area contributed by atoms with Crippen LogP contribution in [0.15, 0.2) is 39.1 Å². The van der Waals surface area contributed by atoms with Gasteiger partial charge in [-0.1, -0.05) is 6.07 Å². The first-order valence-corrected chi connectivity index (χ1v) is 7.54. The largest absolute Gasteiger partial charge is 0.370 e. The lowest BCUT2D eigenvalue weighted by Gasteiger charge is -2.07. The molecule has 19 heavy (non-hydrogen) atoms. The highest BCUT2D eigenvalue weighted by atomic mass is 79.9. The van der Waals surface area contributed by atoms with E-state index in [1.807, 2.05) is 18.2 Å². The van der Waals surface area contributed by atoms with Crippen molar-refractivity contribution in [1.82, 2.24) is 0 Å². The van der Waals surface area contributed by atoms with E-state index in [1.54, 1.807) is 11.3 Å². The zero-order chi connectivity index (χ0) is 13.8. The van der Waals surface area contributed by atoms with Crippen molar-refractivity contribution in [2.24, 2.45) is 10.7 Å². The minimum Gasteiger partial charge on any atom is -0.370 e. The monoisotopic (exact) mass is 337 g/mol. The number of halogens is 1. The van der Waals surface area contributed by atoms with Crippen molar-refractivity contribution < 1.29 is 0 Å². The molecule has 0 fully saturated rings. The number of nitrogens with two attached hydrogens (primary N) is 1. The molecule has 5 heteroatoms. The van der Waals surface area contributed by atoms with E-state index in [0.717, 1.165) is 9.47 Å². The summed E-state index contributed by atoms with van der Waals surface area (Å²) in [5, 5.41) is 3.11. The van der Waals surface area contributed by atoms with Crippen molar-refractivity contribution in [3.05, 3.63) is 50.1 Å². The van der Waals surface area contributed by atoms with Crippen molar-refractivity contribution in [2.75, 3.05) is 5.32 Å². The van der Waals surface area contributed by atoms with Gasteiger partial charge in [-0.05, 0) is 65.2 Å². The van der Waals surface area contributed by atoms with E-state index < -0.39 is 0 Å². The average molecular weight is 338 g/mol. The second kappa shape index (κ2) is 6.21. The molecule has 100 valence electrons. The van der Waals surface area contributed by atoms with Crippen LogP contribution in [0.1, 0.15) is 16.0 Å². The van der Waals surface area contributed by atoms with E-state index >= 15 is 0 Å². The van der Waals surface area contributed by atoms with Crippen LogP contribution in [0, 0.1) is 13.8 Å². The number of aryl methyl sites for hydroxylation is 2. The van der Waals surface area contributed by atoms with Gasteiger partial charge in [0.1, 0.15) is 0 Å². The maximum atomic E-state index is 5.88. The fourth-order valence-corrected chi connectivity index (χ4v) is 3.01. The highest BCUT2D eigenvalue weighted by Gasteiger charge is 1.99. The number of nitrogens with one attached hydrogen (secondary N) is 1. The van der Waals surface area contributed by atoms with Crippen molar-refractivity contribution in [3.63, 3.8) is 0 Å². The first-order valence-electron chi connectivity index (χ1n) is 5.93. The molecule has 1 aromatic heterocycles. The molecule has 0 unspecified atom stereocenters. The molecule has 0 aliphatic heterocycles. The first-order chi connectivity index (χ1) is 9.04. The summed E-state index contributed by atoms with van der Waals surface area (Å²) in [7, 11) is 0. The molecule has 0 bridgehead atoms. The average Bonchev–Trinajstić information content (AvgIpc) is 2.77. The Kier molecular flexibility index (Phi) is 4.61. The fraction of sp³-hybridized carbons (Fsp3) is 0.214. The third-order valence-corrected chi connectivity index (χ3v) is 4.42. The molecule has 0 saturated carbocycles. The van der Waals surface area contributed by atoms with Gasteiger partial charge < -0.3 is 11.1 Å². The van der Waals surface area contributed by atoms with Crippen LogP contribution in [0.25, 0.3) is 0 Å². The Morgan fingerprint density at radius 1 is 1.26 bits per heavy atom. The molecule has 0 aliphatic rings. The standard InChI is InChI=1S/C14H16BrN3S/c1-9-3-4-11(7-10(9)2)18-14(16)17-8-12-5-6-13(15)19-12/h3-7H,8H2,1-2H3,(H3,16,17,18). The minimum absolute atomic E-state index is 0.438. The first kappa shape index (κ1) is 14.1. The Hall–Kier alpha value is -1.33. The molecule has 2 aromatic rings. The van der Waals surface area contributed by atoms with Crippen LogP contribution < -0.4 is 11.1 Å². The van der Waals surface area contributed by atoms with Gasteiger partial charge in [0.2, 0.25) is 0 Å². The second-order valence-corrected chi connectivity index (χ2v) is 6.88. The summed E-state index contributed by atoms with van der Waals surface area (Å²) < 4.78 is 1.11. The maximum Gasteiger partial charge on any atom is 0.193 e.